The second-order valence-electron chi connectivity index (χ2n) is 4.41. The van der Waals surface area contributed by atoms with Gasteiger partial charge in [0.05, 0.1) is 6.61 Å². The molecule has 0 heterocycles. The van der Waals surface area contributed by atoms with Crippen LogP contribution in [-0.4, -0.2) is 26.4 Å². The molecule has 3 nitrogen and oxygen atoms in total. The van der Waals surface area contributed by atoms with Gasteiger partial charge in [-0.3, -0.25) is 0 Å². The SMILES string of the molecule is CCOCC(C)Oc1cccc(C(CC)NC)c1. The molecule has 1 rings (SSSR count). The van der Waals surface area contributed by atoms with E-state index >= 15 is 0 Å². The number of rotatable bonds is 8. The molecule has 0 radical (unpaired) electrons. The Hall–Kier alpha value is -1.06. The molecule has 2 atom stereocenters. The molecule has 102 valence electrons. The van der Waals surface area contributed by atoms with Crippen molar-refractivity contribution in [2.24, 2.45) is 0 Å². The van der Waals surface area contributed by atoms with E-state index in [1.165, 1.54) is 5.56 Å². The highest BCUT2D eigenvalue weighted by molar-refractivity contribution is 5.30. The lowest BCUT2D eigenvalue weighted by Gasteiger charge is -2.18. The van der Waals surface area contributed by atoms with Crippen LogP contribution in [0, 0.1) is 0 Å². The molecule has 0 aromatic heterocycles. The van der Waals surface area contributed by atoms with Crippen molar-refractivity contribution in [2.75, 3.05) is 20.3 Å². The summed E-state index contributed by atoms with van der Waals surface area (Å²) >= 11 is 0. The molecule has 3 heteroatoms. The standard InChI is InChI=1S/C15H25NO2/c1-5-15(16-4)13-8-7-9-14(10-13)18-12(3)11-17-6-2/h7-10,12,15-16H,5-6,11H2,1-4H3. The minimum absolute atomic E-state index is 0.0786. The molecule has 1 aromatic rings. The fraction of sp³-hybridized carbons (Fsp3) is 0.600. The summed E-state index contributed by atoms with van der Waals surface area (Å²) in [5.74, 6) is 0.911. The maximum atomic E-state index is 5.84. The Morgan fingerprint density at radius 1 is 1.28 bits per heavy atom. The van der Waals surface area contributed by atoms with Crippen molar-refractivity contribution in [1.29, 1.82) is 0 Å². The van der Waals surface area contributed by atoms with Crippen LogP contribution in [0.5, 0.6) is 5.75 Å². The van der Waals surface area contributed by atoms with Crippen LogP contribution in [0.1, 0.15) is 38.8 Å². The first-order valence-corrected chi connectivity index (χ1v) is 6.72. The monoisotopic (exact) mass is 251 g/mol. The smallest absolute Gasteiger partial charge is 0.120 e. The third-order valence-corrected chi connectivity index (χ3v) is 2.91. The number of hydrogen-bond acceptors (Lipinski definition) is 3. The molecule has 0 aliphatic carbocycles. The Morgan fingerprint density at radius 2 is 2.06 bits per heavy atom. The van der Waals surface area contributed by atoms with Gasteiger partial charge < -0.3 is 14.8 Å². The molecule has 18 heavy (non-hydrogen) atoms. The lowest BCUT2D eigenvalue weighted by atomic mass is 10.0. The zero-order chi connectivity index (χ0) is 13.4. The minimum Gasteiger partial charge on any atom is -0.488 e. The second-order valence-corrected chi connectivity index (χ2v) is 4.41. The van der Waals surface area contributed by atoms with Crippen molar-refractivity contribution in [2.45, 2.75) is 39.3 Å². The van der Waals surface area contributed by atoms with Crippen LogP contribution in [-0.2, 0) is 4.74 Å². The van der Waals surface area contributed by atoms with Gasteiger partial charge in [-0.15, -0.1) is 0 Å². The number of benzene rings is 1. The fourth-order valence-corrected chi connectivity index (χ4v) is 1.96. The normalized spacial score (nSPS) is 14.2. The maximum Gasteiger partial charge on any atom is 0.120 e. The molecule has 0 aliphatic heterocycles. The van der Waals surface area contributed by atoms with Crippen molar-refractivity contribution < 1.29 is 9.47 Å². The Morgan fingerprint density at radius 3 is 2.67 bits per heavy atom. The second kappa shape index (κ2) is 8.11. The lowest BCUT2D eigenvalue weighted by molar-refractivity contribution is 0.0656. The van der Waals surface area contributed by atoms with Crippen LogP contribution in [0.3, 0.4) is 0 Å². The predicted molar refractivity (Wildman–Crippen MR) is 75.1 cm³/mol. The van der Waals surface area contributed by atoms with Crippen molar-refractivity contribution in [3.05, 3.63) is 29.8 Å². The molecule has 0 saturated carbocycles. The lowest BCUT2D eigenvalue weighted by Crippen LogP contribution is -2.19. The van der Waals surface area contributed by atoms with E-state index in [1.54, 1.807) is 0 Å². The molecule has 1 aromatic carbocycles. The largest absolute Gasteiger partial charge is 0.488 e. The average molecular weight is 251 g/mol. The molecule has 1 N–H and O–H groups in total. The summed E-state index contributed by atoms with van der Waals surface area (Å²) in [6.45, 7) is 7.55. The molecule has 0 saturated heterocycles. The van der Waals surface area contributed by atoms with E-state index < -0.39 is 0 Å². The number of hydrogen-bond donors (Lipinski definition) is 1. The topological polar surface area (TPSA) is 30.5 Å². The summed E-state index contributed by atoms with van der Waals surface area (Å²) in [6, 6.07) is 8.65. The Kier molecular flexibility index (Phi) is 6.76. The van der Waals surface area contributed by atoms with Gasteiger partial charge in [0, 0.05) is 12.6 Å². The van der Waals surface area contributed by atoms with Crippen molar-refractivity contribution in [3.63, 3.8) is 0 Å². The summed E-state index contributed by atoms with van der Waals surface area (Å²) in [5.41, 5.74) is 1.26. The van der Waals surface area contributed by atoms with Gasteiger partial charge in [0.1, 0.15) is 11.9 Å². The van der Waals surface area contributed by atoms with Gasteiger partial charge >= 0.3 is 0 Å². The molecular weight excluding hydrogens is 226 g/mol. The van der Waals surface area contributed by atoms with E-state index in [4.69, 9.17) is 9.47 Å². The van der Waals surface area contributed by atoms with Crippen LogP contribution in [0.2, 0.25) is 0 Å². The van der Waals surface area contributed by atoms with Gasteiger partial charge in [0.2, 0.25) is 0 Å². The molecule has 0 bridgehead atoms. The van der Waals surface area contributed by atoms with E-state index in [2.05, 4.69) is 24.4 Å². The number of ether oxygens (including phenoxy) is 2. The van der Waals surface area contributed by atoms with E-state index in [0.29, 0.717) is 12.6 Å². The Bertz CT molecular complexity index is 337. The summed E-state index contributed by atoms with van der Waals surface area (Å²) in [5, 5.41) is 3.30. The Balaban J connectivity index is 2.64. The average Bonchev–Trinajstić information content (AvgIpc) is 2.38. The van der Waals surface area contributed by atoms with Gasteiger partial charge in [0.25, 0.3) is 0 Å². The first-order chi connectivity index (χ1) is 8.71. The maximum absolute atomic E-state index is 5.84. The van der Waals surface area contributed by atoms with Crippen LogP contribution in [0.4, 0.5) is 0 Å². The first-order valence-electron chi connectivity index (χ1n) is 6.72. The highest BCUT2D eigenvalue weighted by Gasteiger charge is 2.09. The van der Waals surface area contributed by atoms with Crippen molar-refractivity contribution in [1.82, 2.24) is 5.32 Å². The van der Waals surface area contributed by atoms with Gasteiger partial charge in [-0.1, -0.05) is 19.1 Å². The van der Waals surface area contributed by atoms with Crippen LogP contribution < -0.4 is 10.1 Å². The van der Waals surface area contributed by atoms with E-state index in [9.17, 15) is 0 Å². The quantitative estimate of drug-likeness (QED) is 0.770. The molecule has 2 unspecified atom stereocenters. The molecule has 0 amide bonds. The van der Waals surface area contributed by atoms with Gasteiger partial charge in [-0.05, 0) is 45.0 Å². The highest BCUT2D eigenvalue weighted by Crippen LogP contribution is 2.22. The minimum atomic E-state index is 0.0786. The van der Waals surface area contributed by atoms with E-state index in [0.717, 1.165) is 18.8 Å². The molecular formula is C15H25NO2. The summed E-state index contributed by atoms with van der Waals surface area (Å²) in [6.07, 6.45) is 1.14. The zero-order valence-electron chi connectivity index (χ0n) is 11.9. The van der Waals surface area contributed by atoms with Crippen molar-refractivity contribution in [3.8, 4) is 5.75 Å². The fourth-order valence-electron chi connectivity index (χ4n) is 1.96. The zero-order valence-corrected chi connectivity index (χ0v) is 11.9. The third-order valence-electron chi connectivity index (χ3n) is 2.91. The Labute approximate surface area is 110 Å². The predicted octanol–water partition coefficient (Wildman–Crippen LogP) is 3.16. The van der Waals surface area contributed by atoms with Crippen LogP contribution in [0.25, 0.3) is 0 Å². The summed E-state index contributed by atoms with van der Waals surface area (Å²) < 4.78 is 11.2. The highest BCUT2D eigenvalue weighted by atomic mass is 16.5. The van der Waals surface area contributed by atoms with E-state index in [1.807, 2.05) is 33.0 Å². The van der Waals surface area contributed by atoms with Crippen LogP contribution >= 0.6 is 0 Å². The summed E-state index contributed by atoms with van der Waals surface area (Å²) in [7, 11) is 1.99. The number of nitrogens with one attached hydrogen (secondary N) is 1. The molecule has 0 aliphatic rings. The van der Waals surface area contributed by atoms with Crippen molar-refractivity contribution >= 4 is 0 Å². The molecule has 0 spiro atoms. The van der Waals surface area contributed by atoms with Crippen LogP contribution in [0.15, 0.2) is 24.3 Å². The van der Waals surface area contributed by atoms with Gasteiger partial charge in [-0.25, -0.2) is 0 Å². The molecule has 0 fully saturated rings. The summed E-state index contributed by atoms with van der Waals surface area (Å²) in [4.78, 5) is 0. The first kappa shape index (κ1) is 15.0. The van der Waals surface area contributed by atoms with Gasteiger partial charge in [0.15, 0.2) is 0 Å². The van der Waals surface area contributed by atoms with E-state index in [-0.39, 0.29) is 6.10 Å². The van der Waals surface area contributed by atoms with Gasteiger partial charge in [-0.2, -0.15) is 0 Å². The third kappa shape index (κ3) is 4.67.